The number of amides is 4. The SMILES string of the molecule is [Cu+2].[NH-]NC(N)=O.[NH-]NC(N)=O. The van der Waals surface area contributed by atoms with Crippen molar-refractivity contribution in [2.75, 3.05) is 0 Å². The zero-order valence-electron chi connectivity index (χ0n) is 5.27. The topological polar surface area (TPSA) is 158 Å². The van der Waals surface area contributed by atoms with E-state index in [0.29, 0.717) is 0 Å². The monoisotopic (exact) mass is 211 g/mol. The molecule has 0 aliphatic carbocycles. The van der Waals surface area contributed by atoms with Gasteiger partial charge in [-0.1, -0.05) is 0 Å². The zero-order chi connectivity index (χ0) is 8.57. The smallest absolute Gasteiger partial charge is 0.582 e. The number of carbonyl (C=O) groups excluding carboxylic acids is 2. The van der Waals surface area contributed by atoms with E-state index in [1.807, 2.05) is 0 Å². The summed E-state index contributed by atoms with van der Waals surface area (Å²) in [6.45, 7) is 0. The third-order valence-electron chi connectivity index (χ3n) is 0.246. The first-order valence-corrected chi connectivity index (χ1v) is 1.99. The van der Waals surface area contributed by atoms with Gasteiger partial charge < -0.3 is 34.0 Å². The van der Waals surface area contributed by atoms with Gasteiger partial charge in [-0.3, -0.25) is 9.59 Å². The normalized spacial score (nSPS) is 6.00. The van der Waals surface area contributed by atoms with Crippen molar-refractivity contribution in [2.45, 2.75) is 0 Å². The Morgan fingerprint density at radius 1 is 1.00 bits per heavy atom. The molecule has 0 heterocycles. The second-order valence-corrected chi connectivity index (χ2v) is 0.979. The minimum Gasteiger partial charge on any atom is -0.582 e. The molecule has 0 aromatic carbocycles. The van der Waals surface area contributed by atoms with Crippen LogP contribution in [0.1, 0.15) is 0 Å². The fourth-order valence-electron chi connectivity index (χ4n) is 0. The number of hydrogen-bond acceptors (Lipinski definition) is 2. The molecule has 9 heteroatoms. The summed E-state index contributed by atoms with van der Waals surface area (Å²) in [5.74, 6) is 11.9. The third kappa shape index (κ3) is 49.3. The van der Waals surface area contributed by atoms with Gasteiger partial charge in [0.1, 0.15) is 0 Å². The van der Waals surface area contributed by atoms with Gasteiger partial charge in [-0.2, -0.15) is 0 Å². The quantitative estimate of drug-likeness (QED) is 0.307. The fourth-order valence-corrected chi connectivity index (χ4v) is 0. The van der Waals surface area contributed by atoms with Gasteiger partial charge in [0.05, 0.1) is 0 Å². The second kappa shape index (κ2) is 11.7. The van der Waals surface area contributed by atoms with Crippen LogP contribution in [0.5, 0.6) is 0 Å². The number of carbonyl (C=O) groups is 2. The van der Waals surface area contributed by atoms with Crippen LogP contribution in [-0.2, 0) is 17.1 Å². The fraction of sp³-hybridized carbons (Fsp3) is 0. The van der Waals surface area contributed by atoms with Crippen molar-refractivity contribution in [2.24, 2.45) is 11.5 Å². The number of rotatable bonds is 0. The van der Waals surface area contributed by atoms with E-state index in [1.54, 1.807) is 0 Å². The number of hydrogen-bond donors (Lipinski definition) is 4. The molecule has 0 rings (SSSR count). The van der Waals surface area contributed by atoms with Gasteiger partial charge in [0, 0.05) is 0 Å². The van der Waals surface area contributed by atoms with Crippen molar-refractivity contribution in [3.8, 4) is 0 Å². The van der Waals surface area contributed by atoms with Crippen LogP contribution in [-0.4, -0.2) is 12.1 Å². The molecule has 0 aliphatic rings. The summed E-state index contributed by atoms with van der Waals surface area (Å²) in [5, 5.41) is 0. The zero-order valence-corrected chi connectivity index (χ0v) is 6.21. The molecule has 0 atom stereocenters. The van der Waals surface area contributed by atoms with Crippen molar-refractivity contribution in [3.63, 3.8) is 0 Å². The van der Waals surface area contributed by atoms with Gasteiger partial charge >= 0.3 is 17.1 Å². The Labute approximate surface area is 73.4 Å². The average Bonchev–Trinajstić information content (AvgIpc) is 1.89. The maximum atomic E-state index is 9.29. The molecule has 1 radical (unpaired) electrons. The minimum atomic E-state index is -0.829. The van der Waals surface area contributed by atoms with E-state index in [2.05, 4.69) is 11.5 Å². The van der Waals surface area contributed by atoms with Gasteiger partial charge in [-0.25, -0.2) is 0 Å². The van der Waals surface area contributed by atoms with E-state index in [9.17, 15) is 9.59 Å². The van der Waals surface area contributed by atoms with Crippen molar-refractivity contribution in [1.82, 2.24) is 10.9 Å². The molecule has 8 nitrogen and oxygen atoms in total. The summed E-state index contributed by atoms with van der Waals surface area (Å²) in [4.78, 5) is 18.6. The maximum Gasteiger partial charge on any atom is 2.00 e. The molecule has 0 spiro atoms. The van der Waals surface area contributed by atoms with E-state index < -0.39 is 12.1 Å². The van der Waals surface area contributed by atoms with Crippen LogP contribution in [0, 0.1) is 0 Å². The van der Waals surface area contributed by atoms with E-state index in [-0.39, 0.29) is 17.1 Å². The van der Waals surface area contributed by atoms with E-state index in [0.717, 1.165) is 0 Å². The molecule has 0 fully saturated rings. The molecule has 0 aromatic heterocycles. The minimum absolute atomic E-state index is 0. The molecular formula is C2H8CuN6O2. The van der Waals surface area contributed by atoms with E-state index in [1.165, 1.54) is 10.9 Å². The Kier molecular flexibility index (Phi) is 17.6. The standard InChI is InChI=1S/2CH4N3O.Cu/c2*2-1(5)4-3;/h2*3H,(H3,2,4,5);/q2*-1;+2. The maximum absolute atomic E-state index is 9.29. The number of nitrogens with two attached hydrogens (primary N) is 2. The molecule has 0 unspecified atom stereocenters. The number of urea groups is 2. The molecule has 8 N–H and O–H groups in total. The van der Waals surface area contributed by atoms with Crippen molar-refractivity contribution in [1.29, 1.82) is 0 Å². The second-order valence-electron chi connectivity index (χ2n) is 0.979. The molecule has 0 aliphatic heterocycles. The van der Waals surface area contributed by atoms with Crippen LogP contribution in [0.25, 0.3) is 11.7 Å². The number of primary amides is 2. The summed E-state index contributed by atoms with van der Waals surface area (Å²) < 4.78 is 0. The molecule has 0 bridgehead atoms. The van der Waals surface area contributed by atoms with Crippen LogP contribution in [0.2, 0.25) is 0 Å². The van der Waals surface area contributed by atoms with Gasteiger partial charge in [0.15, 0.2) is 0 Å². The van der Waals surface area contributed by atoms with Gasteiger partial charge in [-0.15, -0.1) is 0 Å². The third-order valence-corrected chi connectivity index (χ3v) is 0.246. The predicted molar refractivity (Wildman–Crippen MR) is 34.1 cm³/mol. The summed E-state index contributed by atoms with van der Waals surface area (Å²) in [6, 6.07) is -1.66. The Balaban J connectivity index is -0.000000107. The molecule has 69 valence electrons. The van der Waals surface area contributed by atoms with Crippen LogP contribution >= 0.6 is 0 Å². The number of nitrogens with one attached hydrogen (secondary N) is 4. The van der Waals surface area contributed by atoms with Gasteiger partial charge in [0.25, 0.3) is 12.1 Å². The first-order valence-electron chi connectivity index (χ1n) is 1.99. The summed E-state index contributed by atoms with van der Waals surface area (Å²) in [6.07, 6.45) is 0. The summed E-state index contributed by atoms with van der Waals surface area (Å²) in [5.41, 5.74) is 11.5. The van der Waals surface area contributed by atoms with E-state index >= 15 is 0 Å². The first kappa shape index (κ1) is 16.5. The van der Waals surface area contributed by atoms with Crippen LogP contribution in [0.15, 0.2) is 0 Å². The Bertz CT molecular complexity index is 103. The molecular weight excluding hydrogens is 204 g/mol. The molecule has 0 aromatic rings. The Morgan fingerprint density at radius 3 is 1.09 bits per heavy atom. The molecule has 4 amide bonds. The predicted octanol–water partition coefficient (Wildman–Crippen LogP) is -0.759. The van der Waals surface area contributed by atoms with Gasteiger partial charge in [-0.05, 0) is 0 Å². The molecule has 11 heavy (non-hydrogen) atoms. The molecule has 0 saturated carbocycles. The van der Waals surface area contributed by atoms with E-state index in [4.69, 9.17) is 11.7 Å². The van der Waals surface area contributed by atoms with Crippen molar-refractivity contribution in [3.05, 3.63) is 11.7 Å². The van der Waals surface area contributed by atoms with Crippen molar-refractivity contribution >= 4 is 12.1 Å². The van der Waals surface area contributed by atoms with Gasteiger partial charge in [0.2, 0.25) is 0 Å². The Hall–Kier alpha value is -1.02. The summed E-state index contributed by atoms with van der Waals surface area (Å²) >= 11 is 0. The first-order chi connectivity index (χ1) is 4.54. The van der Waals surface area contributed by atoms with Crippen LogP contribution < -0.4 is 22.3 Å². The largest absolute Gasteiger partial charge is 2.00 e. The Morgan fingerprint density at radius 2 is 1.09 bits per heavy atom. The van der Waals surface area contributed by atoms with Crippen LogP contribution in [0.3, 0.4) is 0 Å². The van der Waals surface area contributed by atoms with Crippen LogP contribution in [0.4, 0.5) is 9.59 Å². The molecule has 0 saturated heterocycles. The summed E-state index contributed by atoms with van der Waals surface area (Å²) in [7, 11) is 0. The average molecular weight is 212 g/mol. The van der Waals surface area contributed by atoms with Crippen molar-refractivity contribution < 1.29 is 26.7 Å².